The minimum Gasteiger partial charge on any atom is -0.0149 e. The van der Waals surface area contributed by atoms with Crippen LogP contribution in [0.1, 0.15) is 26.5 Å². The fraction of sp³-hybridized carbons (Fsp3) is 0.107. The van der Waals surface area contributed by atoms with Gasteiger partial charge in [-0.15, -0.1) is 0 Å². The van der Waals surface area contributed by atoms with E-state index in [4.69, 9.17) is 0 Å². The number of rotatable bonds is 6. The molecule has 3 aromatic carbocycles. The molecule has 0 aliphatic heterocycles. The van der Waals surface area contributed by atoms with Crippen molar-refractivity contribution >= 4 is 34.6 Å². The topological polar surface area (TPSA) is 29.1 Å². The third-order valence-electron chi connectivity index (χ3n) is 5.62. The van der Waals surface area contributed by atoms with Gasteiger partial charge in [0.25, 0.3) is 0 Å². The number of allylic oxidation sites excluding steroid dienone is 3. The van der Waals surface area contributed by atoms with E-state index in [9.17, 15) is 4.79 Å². The molecule has 0 fully saturated rings. The van der Waals surface area contributed by atoms with Crippen LogP contribution in [0.4, 0.5) is 0 Å². The van der Waals surface area contributed by atoms with E-state index in [-0.39, 0.29) is 11.0 Å². The average molecular weight is 476 g/mol. The van der Waals surface area contributed by atoms with E-state index in [0.29, 0.717) is 4.22 Å². The van der Waals surface area contributed by atoms with Gasteiger partial charge in [0.2, 0.25) is 0 Å². The first-order valence-corrected chi connectivity index (χ1v) is 15.2. The van der Waals surface area contributed by atoms with Crippen LogP contribution in [0.15, 0.2) is 104 Å². The van der Waals surface area contributed by atoms with E-state index in [1.165, 1.54) is 11.1 Å². The van der Waals surface area contributed by atoms with Crippen molar-refractivity contribution in [2.24, 2.45) is 0 Å². The van der Waals surface area contributed by atoms with E-state index in [1.54, 1.807) is 0 Å². The Bertz CT molecular complexity index is 1040. The van der Waals surface area contributed by atoms with Crippen molar-refractivity contribution in [3.63, 3.8) is 0 Å². The van der Waals surface area contributed by atoms with Gasteiger partial charge in [-0.25, -0.2) is 0 Å². The Hall–Kier alpha value is -2.72. The molecular weight excluding hydrogens is 442 g/mol. The van der Waals surface area contributed by atoms with Crippen LogP contribution in [0.25, 0.3) is 17.2 Å². The van der Waals surface area contributed by atoms with Crippen molar-refractivity contribution in [2.75, 3.05) is 0 Å². The van der Waals surface area contributed by atoms with Gasteiger partial charge in [-0.1, -0.05) is 73.8 Å². The molecule has 0 aromatic heterocycles. The minimum atomic E-state index is -2.25. The van der Waals surface area contributed by atoms with Crippen LogP contribution in [0, 0.1) is 0 Å². The van der Waals surface area contributed by atoms with Crippen LogP contribution >= 0.6 is 0 Å². The molecule has 0 radical (unpaired) electrons. The maximum Gasteiger partial charge on any atom is -0.0149 e. The molecule has 0 saturated heterocycles. The summed E-state index contributed by atoms with van der Waals surface area (Å²) >= 11 is -2.25. The van der Waals surface area contributed by atoms with E-state index in [0.717, 1.165) is 28.7 Å². The molecule has 4 heteroatoms. The predicted molar refractivity (Wildman–Crippen MR) is 141 cm³/mol. The summed E-state index contributed by atoms with van der Waals surface area (Å²) in [4.78, 5) is 10.6. The zero-order valence-corrected chi connectivity index (χ0v) is 19.8. The standard InChI is InChI=1S/C16H14.C9H7.CH3NO.2CH3.H4Si.Ti/c1-13(15-9-5-3-6-10-15)14(2)16-11-7-4-8-12-16;1-2-5-9-7-3-6-8(9)4-1;2-1-3;;;;/h3-12H,1-2H2;1-7H;1H,(H2,2,3);2*1H3;1H4;/q;;;;;;+1/p-1. The zero-order valence-electron chi connectivity index (χ0n) is 18.2. The second-order valence-electron chi connectivity index (χ2n) is 8.14. The molecule has 32 heavy (non-hydrogen) atoms. The van der Waals surface area contributed by atoms with Crippen LogP contribution in [0.5, 0.6) is 0 Å². The van der Waals surface area contributed by atoms with Gasteiger partial charge in [0.05, 0.1) is 0 Å². The summed E-state index contributed by atoms with van der Waals surface area (Å²) in [7, 11) is 0. The third-order valence-corrected chi connectivity index (χ3v) is 10.2. The average Bonchev–Trinajstić information content (AvgIpc) is 3.25. The molecule has 0 spiro atoms. The Morgan fingerprint density at radius 3 is 1.78 bits per heavy atom. The molecule has 0 saturated carbocycles. The maximum atomic E-state index is 10.6. The fourth-order valence-electron chi connectivity index (χ4n) is 3.75. The molecule has 0 heterocycles. The van der Waals surface area contributed by atoms with Crippen molar-refractivity contribution in [2.45, 2.75) is 14.7 Å². The molecule has 1 unspecified atom stereocenters. The summed E-state index contributed by atoms with van der Waals surface area (Å²) in [6, 6.07) is 28.7. The van der Waals surface area contributed by atoms with Crippen molar-refractivity contribution < 1.29 is 21.6 Å². The molecule has 1 amide bonds. The Kier molecular flexibility index (Phi) is 9.40. The largest absolute Gasteiger partial charge is 0.0149 e. The van der Waals surface area contributed by atoms with Gasteiger partial charge >= 0.3 is 94.1 Å². The van der Waals surface area contributed by atoms with E-state index >= 15 is 0 Å². The summed E-state index contributed by atoms with van der Waals surface area (Å²) in [6.07, 6.45) is 5.26. The van der Waals surface area contributed by atoms with E-state index in [1.807, 2.05) is 36.4 Å². The van der Waals surface area contributed by atoms with Gasteiger partial charge in [-0.2, -0.15) is 0 Å². The number of amides is 1. The van der Waals surface area contributed by atoms with Gasteiger partial charge < -0.3 is 0 Å². The number of hydrogen-bond donors (Lipinski definition) is 1. The molecule has 0 bridgehead atoms. The maximum absolute atomic E-state index is 10.6. The van der Waals surface area contributed by atoms with E-state index < -0.39 is 16.8 Å². The van der Waals surface area contributed by atoms with E-state index in [2.05, 4.69) is 88.1 Å². The minimum absolute atomic E-state index is 0. The van der Waals surface area contributed by atoms with Crippen molar-refractivity contribution in [1.82, 2.24) is 3.80 Å². The SMILES string of the molecule is C=C(C(=C)c1ccccc1)c1ccccc1.[CH3][Ti]([CH3])([NH]C=O)[CH]1C=Cc2ccccc21.[SiH4]. The van der Waals surface area contributed by atoms with Gasteiger partial charge in [-0.05, 0) is 33.2 Å². The first-order chi connectivity index (χ1) is 14.9. The van der Waals surface area contributed by atoms with Crippen LogP contribution in [-0.2, 0) is 21.6 Å². The molecule has 1 N–H and O–H groups in total. The smallest absolute Gasteiger partial charge is 0.0149 e. The Morgan fingerprint density at radius 1 is 0.812 bits per heavy atom. The first kappa shape index (κ1) is 25.5. The molecule has 3 aromatic rings. The molecular formula is C28H33NOSiTi. The van der Waals surface area contributed by atoms with Gasteiger partial charge in [0.1, 0.15) is 0 Å². The number of carbonyl (C=O) groups excluding carboxylic acids is 1. The number of nitrogens with one attached hydrogen (secondary N) is 1. The Labute approximate surface area is 200 Å². The van der Waals surface area contributed by atoms with Crippen LogP contribution in [-0.4, -0.2) is 17.4 Å². The van der Waals surface area contributed by atoms with Gasteiger partial charge in [0.15, 0.2) is 0 Å². The third kappa shape index (κ3) is 6.17. The quantitative estimate of drug-likeness (QED) is 0.280. The van der Waals surface area contributed by atoms with Gasteiger partial charge in [-0.3, -0.25) is 0 Å². The molecule has 1 aliphatic carbocycles. The molecule has 2 nitrogen and oxygen atoms in total. The number of fused-ring (bicyclic) bond motifs is 1. The van der Waals surface area contributed by atoms with Crippen LogP contribution < -0.4 is 3.80 Å². The number of carbonyl (C=O) groups is 1. The molecule has 164 valence electrons. The number of hydrogen-bond acceptors (Lipinski definition) is 1. The zero-order chi connectivity index (χ0) is 22.3. The van der Waals surface area contributed by atoms with Crippen LogP contribution in [0.3, 0.4) is 0 Å². The Balaban J connectivity index is 0.000000220. The fourth-order valence-corrected chi connectivity index (χ4v) is 7.03. The van der Waals surface area contributed by atoms with Crippen molar-refractivity contribution in [3.8, 4) is 0 Å². The molecule has 4 rings (SSSR count). The molecule has 1 atom stereocenters. The van der Waals surface area contributed by atoms with Crippen LogP contribution in [0.2, 0.25) is 10.5 Å². The van der Waals surface area contributed by atoms with Gasteiger partial charge in [0, 0.05) is 0 Å². The summed E-state index contributed by atoms with van der Waals surface area (Å²) in [5, 5.41) is 4.46. The normalized spacial score (nSPS) is 13.6. The first-order valence-electron chi connectivity index (χ1n) is 10.4. The summed E-state index contributed by atoms with van der Waals surface area (Å²) in [5.74, 6) is 0. The summed E-state index contributed by atoms with van der Waals surface area (Å²) < 4.78 is 3.51. The van der Waals surface area contributed by atoms with Crippen molar-refractivity contribution in [3.05, 3.63) is 126 Å². The summed E-state index contributed by atoms with van der Waals surface area (Å²) in [5.41, 5.74) is 6.87. The molecule has 1 aliphatic rings. The predicted octanol–water partition coefficient (Wildman–Crippen LogP) is 5.63. The monoisotopic (exact) mass is 475 g/mol. The van der Waals surface area contributed by atoms with Crippen molar-refractivity contribution in [1.29, 1.82) is 0 Å². The summed E-state index contributed by atoms with van der Waals surface area (Å²) in [6.45, 7) is 8.20. The Morgan fingerprint density at radius 2 is 1.28 bits per heavy atom. The number of benzene rings is 3. The second-order valence-corrected chi connectivity index (χ2v) is 14.9. The second kappa shape index (κ2) is 11.8.